The minimum atomic E-state index is -3.32. The predicted molar refractivity (Wildman–Crippen MR) is 101 cm³/mol. The molecule has 1 rings (SSSR count). The minimum absolute atomic E-state index is 0.0579. The van der Waals surface area contributed by atoms with E-state index < -0.39 is 18.5 Å². The highest BCUT2D eigenvalue weighted by Crippen LogP contribution is 2.51. The molecule has 1 aromatic heterocycles. The van der Waals surface area contributed by atoms with Gasteiger partial charge in [-0.1, -0.05) is 0 Å². The lowest BCUT2D eigenvalue weighted by Gasteiger charge is -2.30. The average molecular weight is 426 g/mol. The minimum Gasteiger partial charge on any atom is -0.307 e. The van der Waals surface area contributed by atoms with E-state index >= 15 is 0 Å². The lowest BCUT2D eigenvalue weighted by atomic mass is 10.1. The van der Waals surface area contributed by atoms with Crippen molar-refractivity contribution < 1.29 is 18.8 Å². The van der Waals surface area contributed by atoms with Gasteiger partial charge in [0.25, 0.3) is 13.2 Å². The van der Waals surface area contributed by atoms with E-state index in [0.29, 0.717) is 18.8 Å². The number of Topliss-reactive ketones (excluding diaryl/α,β-unsaturated/α-hetero) is 1. The second kappa shape index (κ2) is 10.3. The van der Waals surface area contributed by atoms with Crippen molar-refractivity contribution in [2.45, 2.75) is 26.4 Å². The number of pyridine rings is 1. The van der Waals surface area contributed by atoms with Crippen LogP contribution < -0.4 is 0 Å². The quantitative estimate of drug-likeness (QED) is 0.229. The molecule has 8 nitrogen and oxygen atoms in total. The molecule has 0 aliphatic rings. The second-order valence-electron chi connectivity index (χ2n) is 5.73. The molecular formula is C15H22Cl2N3O5P. The molecule has 0 amide bonds. The number of carbonyl (C=O) groups excluding carboxylic acids is 1. The Bertz CT molecular complexity index is 698. The molecule has 2 atom stereocenters. The van der Waals surface area contributed by atoms with Crippen LogP contribution in [0, 0.1) is 17.0 Å². The van der Waals surface area contributed by atoms with Gasteiger partial charge in [0.05, 0.1) is 10.6 Å². The molecule has 0 aliphatic heterocycles. The fraction of sp³-hybridized carbons (Fsp3) is 0.600. The molecule has 0 radical (unpaired) electrons. The fourth-order valence-corrected chi connectivity index (χ4v) is 4.73. The number of alkyl halides is 2. The maximum absolute atomic E-state index is 13.1. The summed E-state index contributed by atoms with van der Waals surface area (Å²) in [4.78, 5) is 26.2. The highest BCUT2D eigenvalue weighted by atomic mass is 35.5. The molecule has 0 saturated carbocycles. The van der Waals surface area contributed by atoms with Gasteiger partial charge in [0.15, 0.2) is 0 Å². The van der Waals surface area contributed by atoms with E-state index in [1.807, 2.05) is 0 Å². The van der Waals surface area contributed by atoms with E-state index in [2.05, 4.69) is 4.98 Å². The van der Waals surface area contributed by atoms with Gasteiger partial charge < -0.3 is 4.52 Å². The highest BCUT2D eigenvalue weighted by molar-refractivity contribution is 7.55. The normalized spacial score (nSPS) is 14.8. The Hall–Kier alpha value is -1.05. The third-order valence-corrected chi connectivity index (χ3v) is 6.01. The number of hydrogen-bond donors (Lipinski definition) is 0. The van der Waals surface area contributed by atoms with Crippen molar-refractivity contribution >= 4 is 42.2 Å². The largest absolute Gasteiger partial charge is 0.307 e. The molecule has 0 N–H and O–H groups in total. The Morgan fingerprint density at radius 2 is 1.96 bits per heavy atom. The van der Waals surface area contributed by atoms with E-state index in [1.165, 1.54) is 32.6 Å². The average Bonchev–Trinajstić information content (AvgIpc) is 2.53. The van der Waals surface area contributed by atoms with Crippen LogP contribution >= 0.6 is 30.7 Å². The summed E-state index contributed by atoms with van der Waals surface area (Å²) in [5.74, 6) is 0.295. The SMILES string of the molecule is CC(=O)CC(OP(C)(=O)N(CCCl)CCCl)c1ccc([N+](=O)[O-])c(C)n1. The van der Waals surface area contributed by atoms with Crippen molar-refractivity contribution in [2.75, 3.05) is 31.5 Å². The number of halogens is 2. The Balaban J connectivity index is 3.17. The maximum atomic E-state index is 13.1. The van der Waals surface area contributed by atoms with Gasteiger partial charge in [-0.25, -0.2) is 9.65 Å². The van der Waals surface area contributed by atoms with E-state index in [9.17, 15) is 19.5 Å². The van der Waals surface area contributed by atoms with Gasteiger partial charge in [-0.05, 0) is 19.9 Å². The van der Waals surface area contributed by atoms with E-state index in [-0.39, 0.29) is 35.3 Å². The molecule has 1 aromatic rings. The standard InChI is InChI=1S/C15H22Cl2N3O5P/c1-11(21)10-15(13-4-5-14(20(22)23)12(2)18-13)25-26(3,24)19(8-6-16)9-7-17/h4-5,15H,6-10H2,1-3H3. The van der Waals surface area contributed by atoms with Crippen LogP contribution in [-0.4, -0.2) is 51.9 Å². The molecule has 26 heavy (non-hydrogen) atoms. The summed E-state index contributed by atoms with van der Waals surface area (Å²) in [6, 6.07) is 2.70. The van der Waals surface area contributed by atoms with Crippen molar-refractivity contribution in [1.82, 2.24) is 9.65 Å². The number of rotatable bonds is 11. The van der Waals surface area contributed by atoms with Gasteiger partial charge in [0.2, 0.25) is 0 Å². The summed E-state index contributed by atoms with van der Waals surface area (Å²) >= 11 is 11.5. The molecular weight excluding hydrogens is 404 g/mol. The van der Waals surface area contributed by atoms with Crippen LogP contribution in [-0.2, 0) is 13.9 Å². The molecule has 0 fully saturated rings. The van der Waals surface area contributed by atoms with Crippen LogP contribution in [0.2, 0.25) is 0 Å². The van der Waals surface area contributed by atoms with Crippen LogP contribution in [0.3, 0.4) is 0 Å². The summed E-state index contributed by atoms with van der Waals surface area (Å²) in [7, 11) is -3.32. The van der Waals surface area contributed by atoms with Gasteiger partial charge in [-0.15, -0.1) is 23.2 Å². The van der Waals surface area contributed by atoms with Gasteiger partial charge >= 0.3 is 0 Å². The molecule has 0 aliphatic carbocycles. The topological polar surface area (TPSA) is 103 Å². The molecule has 0 saturated heterocycles. The third kappa shape index (κ3) is 6.59. The van der Waals surface area contributed by atoms with Crippen LogP contribution in [0.1, 0.15) is 30.8 Å². The van der Waals surface area contributed by atoms with Crippen LogP contribution in [0.25, 0.3) is 0 Å². The highest BCUT2D eigenvalue weighted by Gasteiger charge is 2.31. The number of nitrogens with zero attached hydrogens (tertiary/aromatic N) is 3. The molecule has 0 bridgehead atoms. The van der Waals surface area contributed by atoms with E-state index in [0.717, 1.165) is 0 Å². The summed E-state index contributed by atoms with van der Waals surface area (Å²) in [5.41, 5.74) is 0.358. The van der Waals surface area contributed by atoms with Crippen LogP contribution in [0.4, 0.5) is 5.69 Å². The number of ketones is 1. The lowest BCUT2D eigenvalue weighted by molar-refractivity contribution is -0.385. The monoisotopic (exact) mass is 425 g/mol. The zero-order valence-electron chi connectivity index (χ0n) is 14.9. The Kier molecular flexibility index (Phi) is 9.13. The summed E-state index contributed by atoms with van der Waals surface area (Å²) in [6.07, 6.45) is -0.950. The Labute approximate surface area is 162 Å². The third-order valence-electron chi connectivity index (χ3n) is 3.60. The van der Waals surface area contributed by atoms with Gasteiger partial charge in [0.1, 0.15) is 17.6 Å². The first-order valence-corrected chi connectivity index (χ1v) is 11.0. The first-order chi connectivity index (χ1) is 12.1. The first kappa shape index (κ1) is 23.0. The van der Waals surface area contributed by atoms with E-state index in [4.69, 9.17) is 27.7 Å². The van der Waals surface area contributed by atoms with Gasteiger partial charge in [-0.2, -0.15) is 0 Å². The number of hydrogen-bond acceptors (Lipinski definition) is 6. The van der Waals surface area contributed by atoms with Crippen molar-refractivity contribution in [3.05, 3.63) is 33.6 Å². The molecule has 2 unspecified atom stereocenters. The summed E-state index contributed by atoms with van der Waals surface area (Å²) in [5, 5.41) is 10.9. The molecule has 0 aromatic carbocycles. The number of aromatic nitrogens is 1. The number of aryl methyl sites for hydroxylation is 1. The van der Waals surface area contributed by atoms with Crippen molar-refractivity contribution in [1.29, 1.82) is 0 Å². The van der Waals surface area contributed by atoms with Crippen LogP contribution in [0.5, 0.6) is 0 Å². The van der Waals surface area contributed by atoms with Crippen LogP contribution in [0.15, 0.2) is 12.1 Å². The summed E-state index contributed by atoms with van der Waals surface area (Å²) in [6.45, 7) is 4.91. The molecule has 1 heterocycles. The second-order valence-corrected chi connectivity index (χ2v) is 8.87. The zero-order valence-corrected chi connectivity index (χ0v) is 17.3. The Morgan fingerprint density at radius 1 is 1.38 bits per heavy atom. The van der Waals surface area contributed by atoms with E-state index in [1.54, 1.807) is 4.67 Å². The smallest absolute Gasteiger partial charge is 0.290 e. The number of carbonyl (C=O) groups is 1. The lowest BCUT2D eigenvalue weighted by Crippen LogP contribution is -2.27. The van der Waals surface area contributed by atoms with Crippen molar-refractivity contribution in [3.63, 3.8) is 0 Å². The predicted octanol–water partition coefficient (Wildman–Crippen LogP) is 3.94. The van der Waals surface area contributed by atoms with Gasteiger partial charge in [0, 0.05) is 44.0 Å². The maximum Gasteiger partial charge on any atom is 0.290 e. The first-order valence-electron chi connectivity index (χ1n) is 7.87. The zero-order chi connectivity index (χ0) is 19.9. The number of nitro groups is 1. The molecule has 11 heteroatoms. The summed E-state index contributed by atoms with van der Waals surface area (Å²) < 4.78 is 20.4. The molecule has 146 valence electrons. The Morgan fingerprint density at radius 3 is 2.38 bits per heavy atom. The molecule has 0 spiro atoms. The van der Waals surface area contributed by atoms with Crippen molar-refractivity contribution in [3.8, 4) is 0 Å². The van der Waals surface area contributed by atoms with Gasteiger partial charge in [-0.3, -0.25) is 19.5 Å². The fourth-order valence-electron chi connectivity index (χ4n) is 2.38. The van der Waals surface area contributed by atoms with Crippen molar-refractivity contribution in [2.24, 2.45) is 0 Å².